The van der Waals surface area contributed by atoms with Gasteiger partial charge in [-0.3, -0.25) is 0 Å². The van der Waals surface area contributed by atoms with E-state index in [4.69, 9.17) is 4.74 Å². The van der Waals surface area contributed by atoms with Gasteiger partial charge in [0.1, 0.15) is 0 Å². The van der Waals surface area contributed by atoms with Crippen LogP contribution < -0.4 is 0 Å². The van der Waals surface area contributed by atoms with E-state index in [2.05, 4.69) is 37.8 Å². The molecular weight excluding hydrogens is 184 g/mol. The van der Waals surface area contributed by atoms with Crippen molar-refractivity contribution in [2.75, 3.05) is 6.61 Å². The molecule has 0 saturated carbocycles. The predicted molar refractivity (Wildman–Crippen MR) is 64.9 cm³/mol. The van der Waals surface area contributed by atoms with Crippen molar-refractivity contribution >= 4 is 0 Å². The summed E-state index contributed by atoms with van der Waals surface area (Å²) in [6.45, 7) is 7.37. The van der Waals surface area contributed by atoms with Crippen molar-refractivity contribution < 1.29 is 4.74 Å². The van der Waals surface area contributed by atoms with Crippen molar-refractivity contribution in [2.24, 2.45) is 0 Å². The van der Waals surface area contributed by atoms with Gasteiger partial charge in [-0.15, -0.1) is 6.58 Å². The number of unbranched alkanes of at least 4 members (excludes halogenated alkanes) is 2. The van der Waals surface area contributed by atoms with Gasteiger partial charge in [0, 0.05) is 6.61 Å². The molecule has 0 saturated heterocycles. The summed E-state index contributed by atoms with van der Waals surface area (Å²) < 4.78 is 5.57. The molecular formula is C14H20O. The molecule has 0 aromatic heterocycles. The van der Waals surface area contributed by atoms with Crippen LogP contribution in [-0.2, 0) is 11.3 Å². The van der Waals surface area contributed by atoms with Crippen LogP contribution in [0.5, 0.6) is 0 Å². The molecule has 82 valence electrons. The highest BCUT2D eigenvalue weighted by atomic mass is 16.5. The molecule has 0 heterocycles. The number of aryl methyl sites for hydroxylation is 1. The highest BCUT2D eigenvalue weighted by Gasteiger charge is 1.92. The number of rotatable bonds is 7. The van der Waals surface area contributed by atoms with Gasteiger partial charge in [-0.05, 0) is 31.7 Å². The minimum absolute atomic E-state index is 0.731. The fraction of sp³-hybridized carbons (Fsp3) is 0.429. The van der Waals surface area contributed by atoms with Gasteiger partial charge in [0.2, 0.25) is 0 Å². The Balaban J connectivity index is 2.09. The Hall–Kier alpha value is -1.08. The van der Waals surface area contributed by atoms with Crippen molar-refractivity contribution in [1.29, 1.82) is 0 Å². The van der Waals surface area contributed by atoms with E-state index in [-0.39, 0.29) is 0 Å². The molecule has 0 aliphatic carbocycles. The molecule has 0 fully saturated rings. The summed E-state index contributed by atoms with van der Waals surface area (Å²) in [5, 5.41) is 0. The standard InChI is InChI=1S/C14H20O/c1-3-4-5-6-11-15-12-14-9-7-13(2)8-10-14/h3,7-10H,1,4-6,11-12H2,2H3. The molecule has 0 N–H and O–H groups in total. The lowest BCUT2D eigenvalue weighted by Gasteiger charge is -2.04. The van der Waals surface area contributed by atoms with Crippen LogP contribution in [0.4, 0.5) is 0 Å². The van der Waals surface area contributed by atoms with Gasteiger partial charge in [0.25, 0.3) is 0 Å². The lowest BCUT2D eigenvalue weighted by atomic mass is 10.2. The average Bonchev–Trinajstić information content (AvgIpc) is 2.26. The van der Waals surface area contributed by atoms with E-state index < -0.39 is 0 Å². The number of hydrogen-bond donors (Lipinski definition) is 0. The van der Waals surface area contributed by atoms with Gasteiger partial charge < -0.3 is 4.74 Å². The van der Waals surface area contributed by atoms with Crippen molar-refractivity contribution in [3.63, 3.8) is 0 Å². The highest BCUT2D eigenvalue weighted by molar-refractivity contribution is 5.20. The molecule has 1 aromatic carbocycles. The molecule has 0 spiro atoms. The summed E-state index contributed by atoms with van der Waals surface area (Å²) in [6.07, 6.45) is 5.35. The van der Waals surface area contributed by atoms with Crippen LogP contribution in [0.15, 0.2) is 36.9 Å². The quantitative estimate of drug-likeness (QED) is 0.484. The van der Waals surface area contributed by atoms with Crippen LogP contribution in [0.1, 0.15) is 30.4 Å². The minimum Gasteiger partial charge on any atom is -0.377 e. The van der Waals surface area contributed by atoms with E-state index in [9.17, 15) is 0 Å². The van der Waals surface area contributed by atoms with Crippen LogP contribution in [-0.4, -0.2) is 6.61 Å². The monoisotopic (exact) mass is 204 g/mol. The summed E-state index contributed by atoms with van der Waals surface area (Å²) in [5.74, 6) is 0. The van der Waals surface area contributed by atoms with Gasteiger partial charge in [0.05, 0.1) is 6.61 Å². The second-order valence-corrected chi connectivity index (χ2v) is 3.82. The van der Waals surface area contributed by atoms with E-state index in [0.29, 0.717) is 0 Å². The van der Waals surface area contributed by atoms with Crippen LogP contribution in [0, 0.1) is 6.92 Å². The molecule has 0 aliphatic rings. The van der Waals surface area contributed by atoms with E-state index in [1.165, 1.54) is 17.5 Å². The molecule has 1 nitrogen and oxygen atoms in total. The zero-order chi connectivity index (χ0) is 10.9. The first-order valence-corrected chi connectivity index (χ1v) is 5.57. The zero-order valence-electron chi connectivity index (χ0n) is 9.54. The average molecular weight is 204 g/mol. The van der Waals surface area contributed by atoms with Crippen molar-refractivity contribution in [1.82, 2.24) is 0 Å². The van der Waals surface area contributed by atoms with E-state index in [1.54, 1.807) is 0 Å². The largest absolute Gasteiger partial charge is 0.377 e. The van der Waals surface area contributed by atoms with Crippen LogP contribution in [0.3, 0.4) is 0 Å². The smallest absolute Gasteiger partial charge is 0.0716 e. The lowest BCUT2D eigenvalue weighted by molar-refractivity contribution is 0.117. The molecule has 1 rings (SSSR count). The first kappa shape index (κ1) is 12.0. The fourth-order valence-corrected chi connectivity index (χ4v) is 1.37. The predicted octanol–water partition coefficient (Wildman–Crippen LogP) is 3.87. The molecule has 0 unspecified atom stereocenters. The van der Waals surface area contributed by atoms with Gasteiger partial charge >= 0.3 is 0 Å². The number of hydrogen-bond acceptors (Lipinski definition) is 1. The third-order valence-electron chi connectivity index (χ3n) is 2.34. The van der Waals surface area contributed by atoms with Crippen LogP contribution in [0.25, 0.3) is 0 Å². The van der Waals surface area contributed by atoms with Crippen molar-refractivity contribution in [3.8, 4) is 0 Å². The van der Waals surface area contributed by atoms with Crippen molar-refractivity contribution in [3.05, 3.63) is 48.0 Å². The van der Waals surface area contributed by atoms with E-state index >= 15 is 0 Å². The number of benzene rings is 1. The second kappa shape index (κ2) is 7.24. The Kier molecular flexibility index (Phi) is 5.79. The summed E-state index contributed by atoms with van der Waals surface area (Å²) in [6, 6.07) is 8.49. The topological polar surface area (TPSA) is 9.23 Å². The molecule has 0 amide bonds. The Morgan fingerprint density at radius 1 is 1.20 bits per heavy atom. The summed E-state index contributed by atoms with van der Waals surface area (Å²) in [5.41, 5.74) is 2.55. The Morgan fingerprint density at radius 3 is 2.60 bits per heavy atom. The van der Waals surface area contributed by atoms with Crippen LogP contribution >= 0.6 is 0 Å². The molecule has 1 heteroatoms. The maximum Gasteiger partial charge on any atom is 0.0716 e. The first-order valence-electron chi connectivity index (χ1n) is 5.57. The zero-order valence-corrected chi connectivity index (χ0v) is 9.54. The molecule has 0 atom stereocenters. The van der Waals surface area contributed by atoms with Gasteiger partial charge in [-0.1, -0.05) is 35.9 Å². The summed E-state index contributed by atoms with van der Waals surface area (Å²) in [7, 11) is 0. The first-order chi connectivity index (χ1) is 7.33. The molecule has 0 bridgehead atoms. The molecule has 1 aromatic rings. The Bertz CT molecular complexity index is 274. The maximum atomic E-state index is 5.57. The number of ether oxygens (including phenoxy) is 1. The third-order valence-corrected chi connectivity index (χ3v) is 2.34. The maximum absolute atomic E-state index is 5.57. The molecule has 0 radical (unpaired) electrons. The van der Waals surface area contributed by atoms with Gasteiger partial charge in [-0.2, -0.15) is 0 Å². The Morgan fingerprint density at radius 2 is 1.93 bits per heavy atom. The third kappa shape index (κ3) is 5.38. The number of allylic oxidation sites excluding steroid dienone is 1. The van der Waals surface area contributed by atoms with Gasteiger partial charge in [0.15, 0.2) is 0 Å². The van der Waals surface area contributed by atoms with E-state index in [1.807, 2.05) is 6.08 Å². The Labute approximate surface area is 92.8 Å². The minimum atomic E-state index is 0.731. The summed E-state index contributed by atoms with van der Waals surface area (Å²) >= 11 is 0. The van der Waals surface area contributed by atoms with Crippen molar-refractivity contribution in [2.45, 2.75) is 32.8 Å². The second-order valence-electron chi connectivity index (χ2n) is 3.82. The summed E-state index contributed by atoms with van der Waals surface area (Å²) in [4.78, 5) is 0. The van der Waals surface area contributed by atoms with E-state index in [0.717, 1.165) is 26.1 Å². The van der Waals surface area contributed by atoms with Gasteiger partial charge in [-0.25, -0.2) is 0 Å². The lowest BCUT2D eigenvalue weighted by Crippen LogP contribution is -1.95. The highest BCUT2D eigenvalue weighted by Crippen LogP contribution is 2.05. The molecule has 0 aliphatic heterocycles. The normalized spacial score (nSPS) is 10.2. The van der Waals surface area contributed by atoms with Crippen LogP contribution in [0.2, 0.25) is 0 Å². The molecule has 15 heavy (non-hydrogen) atoms. The fourth-order valence-electron chi connectivity index (χ4n) is 1.37. The SMILES string of the molecule is C=CCCCCOCc1ccc(C)cc1.